The number of ether oxygens (including phenoxy) is 2. The van der Waals surface area contributed by atoms with Crippen LogP contribution in [0.15, 0.2) is 59.7 Å². The molecule has 5 nitrogen and oxygen atoms in total. The number of carbonyl (C=O) groups excluding carboxylic acids is 1. The van der Waals surface area contributed by atoms with Crippen LogP contribution in [0, 0.1) is 12.7 Å². The van der Waals surface area contributed by atoms with E-state index in [9.17, 15) is 9.18 Å². The van der Waals surface area contributed by atoms with Crippen molar-refractivity contribution in [1.29, 1.82) is 0 Å². The molecule has 160 valence electrons. The highest BCUT2D eigenvalue weighted by Crippen LogP contribution is 2.36. The number of hydrazone groups is 1. The lowest BCUT2D eigenvalue weighted by atomic mass is 10.1. The first-order valence-corrected chi connectivity index (χ1v) is 9.97. The fourth-order valence-electron chi connectivity index (χ4n) is 2.70. The van der Waals surface area contributed by atoms with Crippen LogP contribution in [0.3, 0.4) is 0 Å². The predicted octanol–water partition coefficient (Wildman–Crippen LogP) is 5.79. The minimum absolute atomic E-state index is 0.121. The lowest BCUT2D eigenvalue weighted by molar-refractivity contribution is 0.0955. The SMILES string of the molecule is COc1cc(/C=N\NC(=O)c2ccc(C)c(Cl)c2)cc(Cl)c1OCc1cccc(F)c1. The summed E-state index contributed by atoms with van der Waals surface area (Å²) >= 11 is 12.4. The number of methoxy groups -OCH3 is 1. The van der Waals surface area contributed by atoms with Gasteiger partial charge in [-0.15, -0.1) is 0 Å². The Morgan fingerprint density at radius 2 is 1.94 bits per heavy atom. The van der Waals surface area contributed by atoms with Gasteiger partial charge in [0.05, 0.1) is 18.3 Å². The quantitative estimate of drug-likeness (QED) is 0.358. The maximum atomic E-state index is 13.3. The smallest absolute Gasteiger partial charge is 0.271 e. The number of nitrogens with zero attached hydrogens (tertiary/aromatic N) is 1. The van der Waals surface area contributed by atoms with Gasteiger partial charge in [0.15, 0.2) is 11.5 Å². The minimum Gasteiger partial charge on any atom is -0.493 e. The molecule has 0 aromatic heterocycles. The zero-order valence-corrected chi connectivity index (χ0v) is 18.3. The van der Waals surface area contributed by atoms with Crippen molar-refractivity contribution in [2.24, 2.45) is 5.10 Å². The molecule has 3 rings (SSSR count). The van der Waals surface area contributed by atoms with E-state index >= 15 is 0 Å². The topological polar surface area (TPSA) is 59.9 Å². The molecule has 0 atom stereocenters. The molecule has 0 saturated carbocycles. The van der Waals surface area contributed by atoms with Gasteiger partial charge in [0.2, 0.25) is 0 Å². The molecule has 0 fully saturated rings. The summed E-state index contributed by atoms with van der Waals surface area (Å²) in [5.74, 6) is -0.0437. The fourth-order valence-corrected chi connectivity index (χ4v) is 3.15. The van der Waals surface area contributed by atoms with E-state index in [2.05, 4.69) is 10.5 Å². The molecule has 0 aliphatic carbocycles. The number of hydrogen-bond donors (Lipinski definition) is 1. The van der Waals surface area contributed by atoms with Crippen LogP contribution in [0.5, 0.6) is 11.5 Å². The van der Waals surface area contributed by atoms with Gasteiger partial charge in [-0.05, 0) is 60.0 Å². The van der Waals surface area contributed by atoms with Gasteiger partial charge >= 0.3 is 0 Å². The third-order valence-corrected chi connectivity index (χ3v) is 5.03. The molecule has 0 unspecified atom stereocenters. The molecule has 0 aliphatic rings. The number of carbonyl (C=O) groups is 1. The first kappa shape index (κ1) is 22.6. The summed E-state index contributed by atoms with van der Waals surface area (Å²) in [5.41, 5.74) is 4.95. The minimum atomic E-state index is -0.397. The molecule has 0 saturated heterocycles. The van der Waals surface area contributed by atoms with Gasteiger partial charge in [0, 0.05) is 10.6 Å². The molecule has 1 N–H and O–H groups in total. The van der Waals surface area contributed by atoms with Crippen molar-refractivity contribution in [2.45, 2.75) is 13.5 Å². The molecule has 31 heavy (non-hydrogen) atoms. The second-order valence-corrected chi connectivity index (χ2v) is 7.43. The summed E-state index contributed by atoms with van der Waals surface area (Å²) < 4.78 is 24.4. The van der Waals surface area contributed by atoms with Crippen molar-refractivity contribution in [2.75, 3.05) is 7.11 Å². The van der Waals surface area contributed by atoms with Gasteiger partial charge in [0.1, 0.15) is 12.4 Å². The summed E-state index contributed by atoms with van der Waals surface area (Å²) in [4.78, 5) is 12.2. The van der Waals surface area contributed by atoms with Crippen LogP contribution in [0.2, 0.25) is 10.0 Å². The zero-order chi connectivity index (χ0) is 22.4. The second-order valence-electron chi connectivity index (χ2n) is 6.62. The third kappa shape index (κ3) is 5.96. The number of nitrogens with one attached hydrogen (secondary N) is 1. The maximum absolute atomic E-state index is 13.3. The van der Waals surface area contributed by atoms with Crippen LogP contribution >= 0.6 is 23.2 Å². The highest BCUT2D eigenvalue weighted by Gasteiger charge is 2.12. The predicted molar refractivity (Wildman–Crippen MR) is 120 cm³/mol. The number of aryl methyl sites for hydroxylation is 1. The number of halogens is 3. The van der Waals surface area contributed by atoms with E-state index in [1.165, 1.54) is 25.5 Å². The molecule has 3 aromatic carbocycles. The van der Waals surface area contributed by atoms with Crippen molar-refractivity contribution >= 4 is 35.3 Å². The number of amides is 1. The van der Waals surface area contributed by atoms with Crippen LogP contribution in [-0.2, 0) is 6.61 Å². The van der Waals surface area contributed by atoms with Crippen molar-refractivity contribution in [1.82, 2.24) is 5.43 Å². The summed E-state index contributed by atoms with van der Waals surface area (Å²) in [7, 11) is 1.48. The summed E-state index contributed by atoms with van der Waals surface area (Å²) in [5, 5.41) is 4.74. The fraction of sp³-hybridized carbons (Fsp3) is 0.130. The lowest BCUT2D eigenvalue weighted by Crippen LogP contribution is -2.17. The summed E-state index contributed by atoms with van der Waals surface area (Å²) in [6.45, 7) is 1.97. The average Bonchev–Trinajstić information content (AvgIpc) is 2.74. The molecule has 1 amide bonds. The average molecular weight is 461 g/mol. The van der Waals surface area contributed by atoms with Crippen LogP contribution in [0.4, 0.5) is 4.39 Å². The van der Waals surface area contributed by atoms with Gasteiger partial charge in [-0.2, -0.15) is 5.10 Å². The molecular formula is C23H19Cl2FN2O3. The Bertz CT molecular complexity index is 1140. The zero-order valence-electron chi connectivity index (χ0n) is 16.8. The van der Waals surface area contributed by atoms with Gasteiger partial charge in [-0.25, -0.2) is 9.82 Å². The first-order chi connectivity index (χ1) is 14.9. The molecule has 8 heteroatoms. The van der Waals surface area contributed by atoms with E-state index < -0.39 is 5.91 Å². The second kappa shape index (κ2) is 10.3. The molecular weight excluding hydrogens is 442 g/mol. The molecule has 0 bridgehead atoms. The molecule has 0 heterocycles. The van der Waals surface area contributed by atoms with Crippen LogP contribution < -0.4 is 14.9 Å². The largest absolute Gasteiger partial charge is 0.493 e. The Morgan fingerprint density at radius 1 is 1.13 bits per heavy atom. The Balaban J connectivity index is 1.69. The van der Waals surface area contributed by atoms with E-state index in [4.69, 9.17) is 32.7 Å². The van der Waals surface area contributed by atoms with Crippen molar-refractivity contribution < 1.29 is 18.7 Å². The number of hydrogen-bond acceptors (Lipinski definition) is 4. The number of rotatable bonds is 7. The molecule has 3 aromatic rings. The maximum Gasteiger partial charge on any atom is 0.271 e. The Hall–Kier alpha value is -3.09. The van der Waals surface area contributed by atoms with E-state index in [1.807, 2.05) is 6.92 Å². The monoisotopic (exact) mass is 460 g/mol. The molecule has 0 radical (unpaired) electrons. The molecule has 0 aliphatic heterocycles. The lowest BCUT2D eigenvalue weighted by Gasteiger charge is -2.13. The van der Waals surface area contributed by atoms with Crippen molar-refractivity contribution in [3.63, 3.8) is 0 Å². The Morgan fingerprint density at radius 3 is 2.65 bits per heavy atom. The Kier molecular flexibility index (Phi) is 7.50. The normalized spacial score (nSPS) is 10.9. The third-order valence-electron chi connectivity index (χ3n) is 4.34. The Labute approximate surface area is 189 Å². The first-order valence-electron chi connectivity index (χ1n) is 9.21. The highest BCUT2D eigenvalue weighted by atomic mass is 35.5. The van der Waals surface area contributed by atoms with Crippen molar-refractivity contribution in [3.05, 3.63) is 92.7 Å². The van der Waals surface area contributed by atoms with Gasteiger partial charge in [0.25, 0.3) is 5.91 Å². The van der Waals surface area contributed by atoms with Crippen molar-refractivity contribution in [3.8, 4) is 11.5 Å². The van der Waals surface area contributed by atoms with E-state index in [1.54, 1.807) is 42.5 Å². The van der Waals surface area contributed by atoms with Crippen LogP contribution in [-0.4, -0.2) is 19.2 Å². The van der Waals surface area contributed by atoms with Gasteiger partial charge < -0.3 is 9.47 Å². The summed E-state index contributed by atoms with van der Waals surface area (Å²) in [6.07, 6.45) is 1.43. The van der Waals surface area contributed by atoms with Crippen LogP contribution in [0.25, 0.3) is 0 Å². The van der Waals surface area contributed by atoms with E-state index in [0.717, 1.165) is 5.56 Å². The van der Waals surface area contributed by atoms with E-state index in [0.29, 0.717) is 33.2 Å². The highest BCUT2D eigenvalue weighted by molar-refractivity contribution is 6.32. The van der Waals surface area contributed by atoms with Gasteiger partial charge in [-0.1, -0.05) is 41.4 Å². The standard InChI is InChI=1S/C23H19Cl2FN2O3/c1-14-6-7-17(11-19(14)24)23(29)28-27-12-16-9-20(25)22(21(10-16)30-2)31-13-15-4-3-5-18(26)8-15/h3-12H,13H2,1-2H3,(H,28,29)/b27-12-. The van der Waals surface area contributed by atoms with Crippen LogP contribution in [0.1, 0.15) is 27.0 Å². The summed E-state index contributed by atoms with van der Waals surface area (Å²) in [6, 6.07) is 14.4. The van der Waals surface area contributed by atoms with E-state index in [-0.39, 0.29) is 17.4 Å². The number of benzene rings is 3. The molecule has 0 spiro atoms. The van der Waals surface area contributed by atoms with Gasteiger partial charge in [-0.3, -0.25) is 4.79 Å².